The smallest absolute Gasteiger partial charge is 0.387 e. The molecule has 0 amide bonds. The maximum Gasteiger partial charge on any atom is 0.387 e. The summed E-state index contributed by atoms with van der Waals surface area (Å²) < 4.78 is 29.6. The molecule has 16 heavy (non-hydrogen) atoms. The van der Waals surface area contributed by atoms with E-state index in [0.717, 1.165) is 5.69 Å². The Morgan fingerprint density at radius 1 is 1.25 bits per heavy atom. The maximum absolute atomic E-state index is 11.9. The molecule has 1 aromatic heterocycles. The van der Waals surface area contributed by atoms with Crippen LogP contribution in [0.1, 0.15) is 0 Å². The van der Waals surface area contributed by atoms with E-state index in [0.29, 0.717) is 5.28 Å². The minimum absolute atomic E-state index is 0.106. The topological polar surface area (TPSA) is 27.1 Å². The molecule has 0 spiro atoms. The lowest BCUT2D eigenvalue weighted by atomic mass is 10.3. The Labute approximate surface area is 95.2 Å². The third kappa shape index (κ3) is 2.30. The molecule has 0 saturated carbocycles. The molecule has 1 heterocycles. The van der Waals surface area contributed by atoms with Gasteiger partial charge >= 0.3 is 6.61 Å². The molecule has 2 aromatic rings. The Hall–Kier alpha value is -1.62. The molecule has 6 heteroatoms. The van der Waals surface area contributed by atoms with Gasteiger partial charge in [-0.05, 0) is 35.9 Å². The Balaban J connectivity index is 2.23. The van der Waals surface area contributed by atoms with Crippen molar-refractivity contribution in [3.05, 3.63) is 41.9 Å². The van der Waals surface area contributed by atoms with Crippen molar-refractivity contribution in [2.45, 2.75) is 6.61 Å². The molecule has 3 nitrogen and oxygen atoms in total. The van der Waals surface area contributed by atoms with E-state index in [1.807, 2.05) is 0 Å². The molecule has 2 rings (SSSR count). The second-order valence-corrected chi connectivity index (χ2v) is 3.28. The fourth-order valence-electron chi connectivity index (χ4n) is 1.27. The lowest BCUT2D eigenvalue weighted by molar-refractivity contribution is -0.0498. The third-order valence-electron chi connectivity index (χ3n) is 1.94. The van der Waals surface area contributed by atoms with Gasteiger partial charge in [0.2, 0.25) is 5.28 Å². The van der Waals surface area contributed by atoms with Crippen LogP contribution in [-0.4, -0.2) is 16.2 Å². The second kappa shape index (κ2) is 4.49. The fraction of sp³-hybridized carbons (Fsp3) is 0.100. The predicted molar refractivity (Wildman–Crippen MR) is 55.2 cm³/mol. The Morgan fingerprint density at radius 2 is 1.94 bits per heavy atom. The van der Waals surface area contributed by atoms with Gasteiger partial charge in [-0.2, -0.15) is 8.78 Å². The molecule has 0 aliphatic heterocycles. The van der Waals surface area contributed by atoms with Gasteiger partial charge in [-0.3, -0.25) is 4.57 Å². The first-order valence-corrected chi connectivity index (χ1v) is 4.79. The number of hydrogen-bond donors (Lipinski definition) is 0. The standard InChI is InChI=1S/C10H7ClF2N2O/c11-9-14-5-6-15(9)7-1-3-8(4-2-7)16-10(12)13/h1-6,10H. The molecule has 0 aliphatic rings. The molecule has 0 N–H and O–H groups in total. The first-order valence-electron chi connectivity index (χ1n) is 4.41. The molecule has 0 unspecified atom stereocenters. The van der Waals surface area contributed by atoms with Gasteiger partial charge < -0.3 is 4.74 Å². The van der Waals surface area contributed by atoms with Gasteiger partial charge in [0, 0.05) is 18.1 Å². The molecular weight excluding hydrogens is 238 g/mol. The van der Waals surface area contributed by atoms with Gasteiger partial charge in [-0.15, -0.1) is 0 Å². The largest absolute Gasteiger partial charge is 0.435 e. The van der Waals surface area contributed by atoms with Crippen LogP contribution in [0.5, 0.6) is 5.75 Å². The summed E-state index contributed by atoms with van der Waals surface area (Å²) in [5.41, 5.74) is 0.726. The molecule has 0 aliphatic carbocycles. The number of nitrogens with zero attached hydrogens (tertiary/aromatic N) is 2. The lowest BCUT2D eigenvalue weighted by Gasteiger charge is -2.06. The van der Waals surface area contributed by atoms with Crippen LogP contribution in [0.3, 0.4) is 0 Å². The van der Waals surface area contributed by atoms with E-state index in [4.69, 9.17) is 11.6 Å². The van der Waals surface area contributed by atoms with Crippen molar-refractivity contribution in [1.82, 2.24) is 9.55 Å². The summed E-state index contributed by atoms with van der Waals surface area (Å²) >= 11 is 5.80. The first-order chi connectivity index (χ1) is 7.66. The van der Waals surface area contributed by atoms with Gasteiger partial charge in [0.1, 0.15) is 5.75 Å². The molecule has 1 aromatic carbocycles. The van der Waals surface area contributed by atoms with Crippen LogP contribution in [0.2, 0.25) is 5.28 Å². The summed E-state index contributed by atoms with van der Waals surface area (Å²) in [4.78, 5) is 3.84. The monoisotopic (exact) mass is 244 g/mol. The molecule has 0 atom stereocenters. The normalized spacial score (nSPS) is 10.8. The highest BCUT2D eigenvalue weighted by Crippen LogP contribution is 2.19. The van der Waals surface area contributed by atoms with Gasteiger partial charge in [0.25, 0.3) is 0 Å². The molecule has 84 valence electrons. The lowest BCUT2D eigenvalue weighted by Crippen LogP contribution is -2.02. The summed E-state index contributed by atoms with van der Waals surface area (Å²) in [6.07, 6.45) is 3.22. The van der Waals surface area contributed by atoms with Crippen molar-refractivity contribution in [3.8, 4) is 11.4 Å². The van der Waals surface area contributed by atoms with Crippen LogP contribution in [-0.2, 0) is 0 Å². The number of hydrogen-bond acceptors (Lipinski definition) is 2. The van der Waals surface area contributed by atoms with Crippen LogP contribution in [0.15, 0.2) is 36.7 Å². The number of benzene rings is 1. The van der Waals surface area contributed by atoms with Crippen molar-refractivity contribution in [2.75, 3.05) is 0 Å². The minimum atomic E-state index is -2.82. The number of imidazole rings is 1. The highest BCUT2D eigenvalue weighted by Gasteiger charge is 2.05. The minimum Gasteiger partial charge on any atom is -0.435 e. The van der Waals surface area contributed by atoms with Crippen molar-refractivity contribution < 1.29 is 13.5 Å². The van der Waals surface area contributed by atoms with E-state index in [2.05, 4.69) is 9.72 Å². The highest BCUT2D eigenvalue weighted by atomic mass is 35.5. The van der Waals surface area contributed by atoms with Gasteiger partial charge in [0.15, 0.2) is 0 Å². The summed E-state index contributed by atoms with van der Waals surface area (Å²) in [5.74, 6) is 0.106. The number of ether oxygens (including phenoxy) is 1. The fourth-order valence-corrected chi connectivity index (χ4v) is 1.48. The first kappa shape index (κ1) is 10.9. The molecule has 0 fully saturated rings. The summed E-state index contributed by atoms with van der Waals surface area (Å²) in [6, 6.07) is 6.12. The second-order valence-electron chi connectivity index (χ2n) is 2.94. The van der Waals surface area contributed by atoms with Crippen LogP contribution >= 0.6 is 11.6 Å². The summed E-state index contributed by atoms with van der Waals surface area (Å²) in [6.45, 7) is -2.82. The van der Waals surface area contributed by atoms with E-state index in [-0.39, 0.29) is 5.75 Å². The average Bonchev–Trinajstić information content (AvgIpc) is 2.65. The van der Waals surface area contributed by atoms with Crippen molar-refractivity contribution in [3.63, 3.8) is 0 Å². The van der Waals surface area contributed by atoms with Crippen molar-refractivity contribution in [2.24, 2.45) is 0 Å². The van der Waals surface area contributed by atoms with E-state index in [1.54, 1.807) is 29.1 Å². The molecule has 0 saturated heterocycles. The van der Waals surface area contributed by atoms with Crippen LogP contribution < -0.4 is 4.74 Å². The zero-order valence-electron chi connectivity index (χ0n) is 7.98. The van der Waals surface area contributed by atoms with Gasteiger partial charge in [-0.1, -0.05) is 0 Å². The van der Waals surface area contributed by atoms with E-state index >= 15 is 0 Å². The van der Waals surface area contributed by atoms with E-state index in [1.165, 1.54) is 12.1 Å². The SMILES string of the molecule is FC(F)Oc1ccc(-n2ccnc2Cl)cc1. The summed E-state index contributed by atoms with van der Waals surface area (Å²) in [7, 11) is 0. The van der Waals surface area contributed by atoms with E-state index in [9.17, 15) is 8.78 Å². The summed E-state index contributed by atoms with van der Waals surface area (Å²) in [5, 5.41) is 0.308. The zero-order chi connectivity index (χ0) is 11.5. The maximum atomic E-state index is 11.9. The molecule has 0 radical (unpaired) electrons. The van der Waals surface area contributed by atoms with Crippen molar-refractivity contribution >= 4 is 11.6 Å². The Kier molecular flexibility index (Phi) is 3.05. The van der Waals surface area contributed by atoms with Gasteiger partial charge in [0.05, 0.1) is 0 Å². The number of aromatic nitrogens is 2. The number of rotatable bonds is 3. The Bertz CT molecular complexity index is 470. The number of halogens is 3. The Morgan fingerprint density at radius 3 is 2.44 bits per heavy atom. The zero-order valence-corrected chi connectivity index (χ0v) is 8.73. The van der Waals surface area contributed by atoms with Crippen LogP contribution in [0.4, 0.5) is 8.78 Å². The number of alkyl halides is 2. The highest BCUT2D eigenvalue weighted by molar-refractivity contribution is 6.28. The molecule has 0 bridgehead atoms. The van der Waals surface area contributed by atoms with Crippen molar-refractivity contribution in [1.29, 1.82) is 0 Å². The van der Waals surface area contributed by atoms with Crippen LogP contribution in [0.25, 0.3) is 5.69 Å². The van der Waals surface area contributed by atoms with Crippen LogP contribution in [0, 0.1) is 0 Å². The average molecular weight is 245 g/mol. The van der Waals surface area contributed by atoms with Gasteiger partial charge in [-0.25, -0.2) is 4.98 Å². The molecular formula is C10H7ClF2N2O. The quantitative estimate of drug-likeness (QED) is 0.829. The third-order valence-corrected chi connectivity index (χ3v) is 2.22. The predicted octanol–water partition coefficient (Wildman–Crippen LogP) is 3.13. The van der Waals surface area contributed by atoms with E-state index < -0.39 is 6.61 Å².